The lowest BCUT2D eigenvalue weighted by atomic mass is 9.83. The van der Waals surface area contributed by atoms with E-state index in [1.165, 1.54) is 43.2 Å². The molecule has 104 valence electrons. The molecule has 1 aromatic heterocycles. The molecule has 3 rings (SSSR count). The van der Waals surface area contributed by atoms with E-state index in [1.807, 2.05) is 30.5 Å². The van der Waals surface area contributed by atoms with E-state index in [1.54, 1.807) is 0 Å². The molecule has 0 saturated heterocycles. The Morgan fingerprint density at radius 3 is 2.75 bits per heavy atom. The number of pyridine rings is 1. The first-order valence-electron chi connectivity index (χ1n) is 7.53. The van der Waals surface area contributed by atoms with Crippen LogP contribution in [0, 0.1) is 5.92 Å². The first-order chi connectivity index (χ1) is 9.88. The number of nitrogens with zero attached hydrogens (tertiary/aromatic N) is 1. The lowest BCUT2D eigenvalue weighted by Crippen LogP contribution is -2.11. The number of rotatable bonds is 3. The second-order valence-electron chi connectivity index (χ2n) is 5.63. The number of hydrogen-bond donors (Lipinski definition) is 1. The Morgan fingerprint density at radius 2 is 1.95 bits per heavy atom. The summed E-state index contributed by atoms with van der Waals surface area (Å²) in [6.07, 6.45) is 10.4. The Hall–Kier alpha value is -1.67. The monoisotopic (exact) mass is 267 g/mol. The molecule has 0 unspecified atom stereocenters. The summed E-state index contributed by atoms with van der Waals surface area (Å²) < 4.78 is 0. The molecule has 2 aromatic rings. The summed E-state index contributed by atoms with van der Waals surface area (Å²) in [4.78, 5) is 4.40. The third-order valence-corrected chi connectivity index (χ3v) is 4.34. The van der Waals surface area contributed by atoms with Crippen molar-refractivity contribution >= 4 is 17.0 Å². The fraction of sp³-hybridized carbons (Fsp3) is 0.389. The lowest BCUT2D eigenvalue weighted by molar-refractivity contribution is 0.295. The van der Waals surface area contributed by atoms with E-state index in [-0.39, 0.29) is 6.61 Å². The van der Waals surface area contributed by atoms with Crippen LogP contribution in [0.1, 0.15) is 37.7 Å². The van der Waals surface area contributed by atoms with Gasteiger partial charge in [0.15, 0.2) is 0 Å². The molecule has 1 saturated carbocycles. The van der Waals surface area contributed by atoms with Crippen molar-refractivity contribution in [1.29, 1.82) is 0 Å². The molecular formula is C18H21NO. The van der Waals surface area contributed by atoms with Gasteiger partial charge in [0.2, 0.25) is 0 Å². The van der Waals surface area contributed by atoms with Gasteiger partial charge in [-0.05, 0) is 42.0 Å². The maximum absolute atomic E-state index is 9.73. The molecule has 0 radical (unpaired) electrons. The van der Waals surface area contributed by atoms with Crippen molar-refractivity contribution in [3.05, 3.63) is 47.7 Å². The zero-order valence-corrected chi connectivity index (χ0v) is 11.8. The van der Waals surface area contributed by atoms with Gasteiger partial charge in [0, 0.05) is 11.6 Å². The molecule has 0 amide bonds. The van der Waals surface area contributed by atoms with E-state index in [4.69, 9.17) is 0 Å². The van der Waals surface area contributed by atoms with Crippen LogP contribution in [0.3, 0.4) is 0 Å². The number of fused-ring (bicyclic) bond motifs is 1. The minimum atomic E-state index is 0.168. The fourth-order valence-corrected chi connectivity index (χ4v) is 3.21. The van der Waals surface area contributed by atoms with Gasteiger partial charge in [0.25, 0.3) is 0 Å². The van der Waals surface area contributed by atoms with Gasteiger partial charge in [-0.3, -0.25) is 4.98 Å². The third-order valence-electron chi connectivity index (χ3n) is 4.34. The molecule has 20 heavy (non-hydrogen) atoms. The van der Waals surface area contributed by atoms with Crippen molar-refractivity contribution in [2.24, 2.45) is 5.92 Å². The Balaban J connectivity index is 1.98. The van der Waals surface area contributed by atoms with Gasteiger partial charge < -0.3 is 5.11 Å². The molecule has 1 fully saturated rings. The molecule has 1 aliphatic rings. The van der Waals surface area contributed by atoms with E-state index in [0.29, 0.717) is 5.92 Å². The van der Waals surface area contributed by atoms with Crippen LogP contribution in [-0.4, -0.2) is 16.7 Å². The number of aliphatic hydroxyl groups is 1. The average molecular weight is 267 g/mol. The molecule has 0 atom stereocenters. The summed E-state index contributed by atoms with van der Waals surface area (Å²) in [6, 6.07) is 10.2. The Bertz CT molecular complexity index is 606. The van der Waals surface area contributed by atoms with E-state index < -0.39 is 0 Å². The number of aromatic nitrogens is 1. The summed E-state index contributed by atoms with van der Waals surface area (Å²) in [7, 11) is 0. The smallest absolute Gasteiger partial charge is 0.0707 e. The van der Waals surface area contributed by atoms with Gasteiger partial charge in [0.1, 0.15) is 0 Å². The van der Waals surface area contributed by atoms with Crippen LogP contribution in [0.25, 0.3) is 17.0 Å². The first-order valence-corrected chi connectivity index (χ1v) is 7.53. The van der Waals surface area contributed by atoms with Gasteiger partial charge in [-0.2, -0.15) is 0 Å². The number of para-hydroxylation sites is 1. The third kappa shape index (κ3) is 2.75. The predicted molar refractivity (Wildman–Crippen MR) is 83.4 cm³/mol. The largest absolute Gasteiger partial charge is 0.392 e. The minimum Gasteiger partial charge on any atom is -0.392 e. The van der Waals surface area contributed by atoms with Crippen LogP contribution in [0.5, 0.6) is 0 Å². The summed E-state index contributed by atoms with van der Waals surface area (Å²) in [5, 5.41) is 10.9. The molecule has 2 heteroatoms. The summed E-state index contributed by atoms with van der Waals surface area (Å²) in [5.74, 6) is 0.556. The molecule has 0 aliphatic heterocycles. The van der Waals surface area contributed by atoms with Crippen LogP contribution in [0.4, 0.5) is 0 Å². The van der Waals surface area contributed by atoms with Crippen LogP contribution in [0.2, 0.25) is 0 Å². The van der Waals surface area contributed by atoms with Gasteiger partial charge in [-0.15, -0.1) is 0 Å². The number of aliphatic hydroxyl groups excluding tert-OH is 1. The van der Waals surface area contributed by atoms with Crippen LogP contribution in [0.15, 0.2) is 42.1 Å². The summed E-state index contributed by atoms with van der Waals surface area (Å²) in [5.41, 5.74) is 3.37. The Labute approximate surface area is 120 Å². The molecule has 1 aromatic carbocycles. The van der Waals surface area contributed by atoms with Crippen molar-refractivity contribution in [3.8, 4) is 0 Å². The van der Waals surface area contributed by atoms with Gasteiger partial charge in [0.05, 0.1) is 12.1 Å². The van der Waals surface area contributed by atoms with Gasteiger partial charge in [-0.25, -0.2) is 0 Å². The van der Waals surface area contributed by atoms with Crippen molar-refractivity contribution in [2.75, 3.05) is 6.61 Å². The quantitative estimate of drug-likeness (QED) is 0.904. The fourth-order valence-electron chi connectivity index (χ4n) is 3.21. The van der Waals surface area contributed by atoms with Crippen LogP contribution < -0.4 is 0 Å². The second-order valence-corrected chi connectivity index (χ2v) is 5.63. The molecule has 1 N–H and O–H groups in total. The zero-order chi connectivity index (χ0) is 13.8. The number of hydrogen-bond acceptors (Lipinski definition) is 2. The van der Waals surface area contributed by atoms with E-state index in [0.717, 1.165) is 10.9 Å². The highest BCUT2D eigenvalue weighted by Crippen LogP contribution is 2.31. The highest BCUT2D eigenvalue weighted by molar-refractivity contribution is 5.87. The normalized spacial score (nSPS) is 17.6. The molecule has 1 heterocycles. The maximum atomic E-state index is 9.73. The van der Waals surface area contributed by atoms with Gasteiger partial charge >= 0.3 is 0 Å². The highest BCUT2D eigenvalue weighted by Gasteiger charge is 2.17. The Morgan fingerprint density at radius 1 is 1.15 bits per heavy atom. The van der Waals surface area contributed by atoms with E-state index >= 15 is 0 Å². The predicted octanol–water partition coefficient (Wildman–Crippen LogP) is 4.19. The summed E-state index contributed by atoms with van der Waals surface area (Å²) in [6.45, 7) is 0.168. The Kier molecular flexibility index (Phi) is 4.12. The summed E-state index contributed by atoms with van der Waals surface area (Å²) >= 11 is 0. The molecule has 1 aliphatic carbocycles. The lowest BCUT2D eigenvalue weighted by Gasteiger charge is -2.23. The average Bonchev–Trinajstić information content (AvgIpc) is 2.53. The minimum absolute atomic E-state index is 0.168. The van der Waals surface area contributed by atoms with Crippen molar-refractivity contribution in [1.82, 2.24) is 4.98 Å². The van der Waals surface area contributed by atoms with Crippen molar-refractivity contribution < 1.29 is 5.11 Å². The van der Waals surface area contributed by atoms with Crippen molar-refractivity contribution in [2.45, 2.75) is 32.1 Å². The van der Waals surface area contributed by atoms with Crippen LogP contribution in [-0.2, 0) is 0 Å². The van der Waals surface area contributed by atoms with Crippen LogP contribution >= 0.6 is 0 Å². The maximum Gasteiger partial charge on any atom is 0.0707 e. The highest BCUT2D eigenvalue weighted by atomic mass is 16.3. The topological polar surface area (TPSA) is 33.1 Å². The first kappa shape index (κ1) is 13.3. The SMILES string of the molecule is OC/C(=C/c1ccnc2ccccc12)C1CCCCC1. The molecule has 0 spiro atoms. The molecule has 0 bridgehead atoms. The molecule has 2 nitrogen and oxygen atoms in total. The van der Waals surface area contributed by atoms with E-state index in [2.05, 4.69) is 17.1 Å². The second kappa shape index (κ2) is 6.19. The van der Waals surface area contributed by atoms with Crippen molar-refractivity contribution in [3.63, 3.8) is 0 Å². The zero-order valence-electron chi connectivity index (χ0n) is 11.8. The molecular weight excluding hydrogens is 246 g/mol. The van der Waals surface area contributed by atoms with Gasteiger partial charge in [-0.1, -0.05) is 43.5 Å². The van der Waals surface area contributed by atoms with E-state index in [9.17, 15) is 5.11 Å². The standard InChI is InChI=1S/C18H21NO/c20-13-16(14-6-2-1-3-7-14)12-15-10-11-19-18-9-5-4-8-17(15)18/h4-5,8-12,14,20H,1-3,6-7,13H2/b16-12-. The number of benzene rings is 1.